The minimum atomic E-state index is -1.37. The maximum atomic E-state index is 14.6. The molecule has 3 aromatic rings. The molecule has 8 nitrogen and oxygen atoms in total. The first kappa shape index (κ1) is 28.0. The van der Waals surface area contributed by atoms with E-state index in [1.165, 1.54) is 11.8 Å². The van der Waals surface area contributed by atoms with Crippen LogP contribution < -0.4 is 15.2 Å². The first-order chi connectivity index (χ1) is 17.3. The van der Waals surface area contributed by atoms with Crippen molar-refractivity contribution >= 4 is 41.1 Å². The number of nitrogens with two attached hydrogens (primary N) is 1. The summed E-state index contributed by atoms with van der Waals surface area (Å²) >= 11 is 1.26. The van der Waals surface area contributed by atoms with Crippen molar-refractivity contribution in [1.82, 2.24) is 4.98 Å². The summed E-state index contributed by atoms with van der Waals surface area (Å²) in [4.78, 5) is 30.7. The molecule has 0 radical (unpaired) electrons. The highest BCUT2D eigenvalue weighted by Gasteiger charge is 2.23. The van der Waals surface area contributed by atoms with Crippen LogP contribution >= 0.6 is 24.2 Å². The van der Waals surface area contributed by atoms with Crippen LogP contribution in [0.2, 0.25) is 0 Å². The van der Waals surface area contributed by atoms with Crippen LogP contribution in [0.15, 0.2) is 53.5 Å². The quantitative estimate of drug-likeness (QED) is 0.384. The number of carboxylic acid groups (broad SMARTS) is 1. The van der Waals surface area contributed by atoms with Gasteiger partial charge >= 0.3 is 5.97 Å². The van der Waals surface area contributed by atoms with Crippen molar-refractivity contribution < 1.29 is 33.0 Å². The summed E-state index contributed by atoms with van der Waals surface area (Å²) in [5, 5.41) is 9.67. The first-order valence-electron chi connectivity index (χ1n) is 10.9. The molecule has 0 saturated heterocycles. The number of rotatable bonds is 9. The number of aliphatic carboxylic acids is 1. The van der Waals surface area contributed by atoms with Crippen molar-refractivity contribution in [1.29, 1.82) is 0 Å². The van der Waals surface area contributed by atoms with Crippen molar-refractivity contribution in [2.75, 3.05) is 5.75 Å². The second kappa shape index (κ2) is 12.1. The van der Waals surface area contributed by atoms with Crippen molar-refractivity contribution in [2.45, 2.75) is 26.0 Å². The average molecular weight is 550 g/mol. The van der Waals surface area contributed by atoms with Gasteiger partial charge in [0.15, 0.2) is 17.7 Å². The molecular formula is C25H22ClF2N3O5S. The average Bonchev–Trinajstić information content (AvgIpc) is 3.31. The van der Waals surface area contributed by atoms with Crippen molar-refractivity contribution in [3.63, 3.8) is 0 Å². The lowest BCUT2D eigenvalue weighted by Gasteiger charge is -2.15. The Morgan fingerprint density at radius 3 is 2.49 bits per heavy atom. The molecule has 1 amide bonds. The van der Waals surface area contributed by atoms with E-state index in [4.69, 9.17) is 15.2 Å². The number of aliphatic imine (C=N–C) groups is 1. The fourth-order valence-corrected chi connectivity index (χ4v) is 4.20. The fourth-order valence-electron chi connectivity index (χ4n) is 3.42. The maximum absolute atomic E-state index is 14.6. The lowest BCUT2D eigenvalue weighted by Crippen LogP contribution is -2.26. The van der Waals surface area contributed by atoms with Crippen LogP contribution in [0, 0.1) is 11.6 Å². The molecule has 0 spiro atoms. The minimum Gasteiger partial charge on any atom is -0.479 e. The third-order valence-corrected chi connectivity index (χ3v) is 6.18. The molecule has 0 aliphatic carbocycles. The number of hydrogen-bond donors (Lipinski definition) is 2. The number of nitrogens with zero attached hydrogens (tertiary/aromatic N) is 2. The molecule has 12 heteroatoms. The van der Waals surface area contributed by atoms with Gasteiger partial charge in [-0.2, -0.15) is 4.98 Å². The molecule has 37 heavy (non-hydrogen) atoms. The van der Waals surface area contributed by atoms with Crippen LogP contribution in [0.5, 0.6) is 17.5 Å². The van der Waals surface area contributed by atoms with E-state index in [0.717, 1.165) is 11.1 Å². The molecule has 0 bridgehead atoms. The van der Waals surface area contributed by atoms with Crippen molar-refractivity contribution in [2.24, 2.45) is 10.7 Å². The van der Waals surface area contributed by atoms with Gasteiger partial charge in [0.05, 0.1) is 5.75 Å². The third-order valence-electron chi connectivity index (χ3n) is 5.19. The number of aromatic nitrogens is 1. The molecule has 1 aromatic heterocycles. The second-order valence-corrected chi connectivity index (χ2v) is 8.73. The standard InChI is InChI=1S/C25H21F2N3O5S.ClH/c1-2-20(25(32)33)35-23-19(27)10-18(26)22(30-23)34-17-8-15(14-5-3-4-13(6-14)11-28)7-16(9-17)24-29-21(31)12-36-24;/h3-10,20H,2,11-12,28H2,1H3,(H,32,33);1H/t20-;/m1./s1. The van der Waals surface area contributed by atoms with E-state index in [1.54, 1.807) is 19.1 Å². The zero-order chi connectivity index (χ0) is 25.8. The number of carbonyl (C=O) groups excluding carboxylic acids is 1. The lowest BCUT2D eigenvalue weighted by atomic mass is 10.0. The summed E-state index contributed by atoms with van der Waals surface area (Å²) in [7, 11) is 0. The van der Waals surface area contributed by atoms with E-state index in [0.29, 0.717) is 28.8 Å². The molecule has 3 N–H and O–H groups in total. The van der Waals surface area contributed by atoms with Gasteiger partial charge in [0.1, 0.15) is 10.8 Å². The summed E-state index contributed by atoms with van der Waals surface area (Å²) < 4.78 is 39.6. The first-order valence-corrected chi connectivity index (χ1v) is 11.9. The number of halogens is 3. The van der Waals surface area contributed by atoms with Gasteiger partial charge in [-0.15, -0.1) is 12.4 Å². The zero-order valence-corrected chi connectivity index (χ0v) is 21.1. The van der Waals surface area contributed by atoms with E-state index in [9.17, 15) is 23.5 Å². The van der Waals surface area contributed by atoms with Gasteiger partial charge in [-0.05, 0) is 47.4 Å². The van der Waals surface area contributed by atoms with Gasteiger partial charge in [0.25, 0.3) is 17.7 Å². The van der Waals surface area contributed by atoms with Crippen LogP contribution in [0.25, 0.3) is 11.1 Å². The molecule has 4 rings (SSSR count). The molecular weight excluding hydrogens is 528 g/mol. The third kappa shape index (κ3) is 6.62. The summed E-state index contributed by atoms with van der Waals surface area (Å²) in [5.41, 5.74) is 8.69. The molecule has 0 saturated carbocycles. The summed E-state index contributed by atoms with van der Waals surface area (Å²) in [6, 6.07) is 13.0. The zero-order valence-electron chi connectivity index (χ0n) is 19.4. The Morgan fingerprint density at radius 2 is 1.84 bits per heavy atom. The monoisotopic (exact) mass is 549 g/mol. The molecule has 1 aliphatic rings. The topological polar surface area (TPSA) is 124 Å². The van der Waals surface area contributed by atoms with Crippen LogP contribution in [0.1, 0.15) is 24.5 Å². The lowest BCUT2D eigenvalue weighted by molar-refractivity contribution is -0.145. The van der Waals surface area contributed by atoms with Gasteiger partial charge in [0.2, 0.25) is 0 Å². The molecule has 0 fully saturated rings. The largest absolute Gasteiger partial charge is 0.479 e. The molecule has 1 aliphatic heterocycles. The summed E-state index contributed by atoms with van der Waals surface area (Å²) in [6.45, 7) is 1.87. The Bertz CT molecular complexity index is 1370. The second-order valence-electron chi connectivity index (χ2n) is 7.77. The van der Waals surface area contributed by atoms with Crippen LogP contribution in [-0.2, 0) is 16.1 Å². The number of ether oxygens (including phenoxy) is 2. The Hall–Kier alpha value is -3.54. The highest BCUT2D eigenvalue weighted by atomic mass is 35.5. The fraction of sp³-hybridized carbons (Fsp3) is 0.200. The highest BCUT2D eigenvalue weighted by molar-refractivity contribution is 8.15. The van der Waals surface area contributed by atoms with Crippen molar-refractivity contribution in [3.8, 4) is 28.6 Å². The summed E-state index contributed by atoms with van der Waals surface area (Å²) in [6.07, 6.45) is -1.33. The van der Waals surface area contributed by atoms with Crippen LogP contribution in [0.3, 0.4) is 0 Å². The van der Waals surface area contributed by atoms with E-state index in [2.05, 4.69) is 9.98 Å². The summed E-state index contributed by atoms with van der Waals surface area (Å²) in [5.74, 6) is -4.83. The molecule has 0 unspecified atom stereocenters. The Morgan fingerprint density at radius 1 is 1.11 bits per heavy atom. The molecule has 2 heterocycles. The van der Waals surface area contributed by atoms with Gasteiger partial charge < -0.3 is 20.3 Å². The number of carboxylic acids is 1. The number of pyridine rings is 1. The molecule has 1 atom stereocenters. The Kier molecular flexibility index (Phi) is 9.19. The van der Waals surface area contributed by atoms with Gasteiger partial charge in [0, 0.05) is 18.2 Å². The Balaban J connectivity index is 0.00000380. The normalized spacial score (nSPS) is 13.5. The van der Waals surface area contributed by atoms with E-state index >= 15 is 0 Å². The van der Waals surface area contributed by atoms with E-state index in [1.807, 2.05) is 30.3 Å². The predicted octanol–water partition coefficient (Wildman–Crippen LogP) is 4.96. The smallest absolute Gasteiger partial charge is 0.344 e. The minimum absolute atomic E-state index is 0. The van der Waals surface area contributed by atoms with Crippen LogP contribution in [0.4, 0.5) is 8.78 Å². The van der Waals surface area contributed by atoms with Crippen LogP contribution in [-0.4, -0.2) is 38.9 Å². The highest BCUT2D eigenvalue weighted by Crippen LogP contribution is 2.34. The van der Waals surface area contributed by atoms with E-state index < -0.39 is 35.5 Å². The van der Waals surface area contributed by atoms with E-state index in [-0.39, 0.29) is 36.2 Å². The number of thioether (sulfide) groups is 1. The van der Waals surface area contributed by atoms with Gasteiger partial charge in [-0.25, -0.2) is 18.6 Å². The van der Waals surface area contributed by atoms with Gasteiger partial charge in [-0.3, -0.25) is 4.79 Å². The molecule has 194 valence electrons. The number of benzene rings is 2. The number of amides is 1. The maximum Gasteiger partial charge on any atom is 0.344 e. The Labute approximate surface area is 221 Å². The number of carbonyl (C=O) groups is 2. The van der Waals surface area contributed by atoms with Crippen molar-refractivity contribution in [3.05, 3.63) is 71.3 Å². The SMILES string of the molecule is CC[C@@H](Oc1nc(Oc2cc(C3=NC(=O)CS3)cc(-c3cccc(CN)c3)c2)c(F)cc1F)C(=O)O.Cl. The van der Waals surface area contributed by atoms with Gasteiger partial charge in [-0.1, -0.05) is 36.9 Å². The molecule has 2 aromatic carbocycles. The number of hydrogen-bond acceptors (Lipinski definition) is 7. The predicted molar refractivity (Wildman–Crippen MR) is 138 cm³/mol.